The summed E-state index contributed by atoms with van der Waals surface area (Å²) in [5.41, 5.74) is -1.28. The number of esters is 2. The van der Waals surface area contributed by atoms with E-state index in [1.807, 2.05) is 0 Å². The standard InChI is InChI=1S/C18H27NO6/c1-4-11-7-10(2)18(3,23)17(22)24-9-12-13(20)8-19-6-5-14(15(12)19)25-16(11)21/h4,10,12-15,20,23H,5-9H2,1-3H3/b11-4+. The van der Waals surface area contributed by atoms with Crippen molar-refractivity contribution >= 4 is 11.9 Å². The molecule has 6 atom stereocenters. The molecule has 0 aliphatic carbocycles. The molecule has 7 heteroatoms. The van der Waals surface area contributed by atoms with Crippen LogP contribution in [0.15, 0.2) is 11.6 Å². The second-order valence-corrected chi connectivity index (χ2v) is 7.61. The van der Waals surface area contributed by atoms with Gasteiger partial charge in [-0.3, -0.25) is 4.90 Å². The van der Waals surface area contributed by atoms with Crippen molar-refractivity contribution in [3.63, 3.8) is 0 Å². The lowest BCUT2D eigenvalue weighted by atomic mass is 9.85. The van der Waals surface area contributed by atoms with Crippen molar-refractivity contribution in [2.75, 3.05) is 19.7 Å². The summed E-state index contributed by atoms with van der Waals surface area (Å²) >= 11 is 0. The fraction of sp³-hybridized carbons (Fsp3) is 0.778. The summed E-state index contributed by atoms with van der Waals surface area (Å²) in [6.45, 7) is 6.07. The van der Waals surface area contributed by atoms with E-state index >= 15 is 0 Å². The maximum atomic E-state index is 12.6. The second-order valence-electron chi connectivity index (χ2n) is 7.61. The Kier molecular flexibility index (Phi) is 4.92. The fourth-order valence-corrected chi connectivity index (χ4v) is 4.13. The third-order valence-corrected chi connectivity index (χ3v) is 6.03. The topological polar surface area (TPSA) is 96.3 Å². The number of carbonyl (C=O) groups is 2. The van der Waals surface area contributed by atoms with Gasteiger partial charge >= 0.3 is 11.9 Å². The van der Waals surface area contributed by atoms with Crippen molar-refractivity contribution in [2.45, 2.75) is 57.5 Å². The van der Waals surface area contributed by atoms with Gasteiger partial charge in [-0.05, 0) is 32.6 Å². The molecule has 3 saturated heterocycles. The number of aliphatic hydroxyl groups excluding tert-OH is 1. The monoisotopic (exact) mass is 353 g/mol. The molecule has 0 aromatic rings. The molecule has 0 bridgehead atoms. The van der Waals surface area contributed by atoms with Gasteiger partial charge < -0.3 is 19.7 Å². The molecule has 25 heavy (non-hydrogen) atoms. The number of hydrogen-bond acceptors (Lipinski definition) is 7. The number of cyclic esters (lactones) is 1. The third kappa shape index (κ3) is 3.20. The van der Waals surface area contributed by atoms with E-state index in [0.29, 0.717) is 18.5 Å². The van der Waals surface area contributed by atoms with Crippen LogP contribution in [-0.2, 0) is 19.1 Å². The number of rotatable bonds is 0. The summed E-state index contributed by atoms with van der Waals surface area (Å²) in [6.07, 6.45) is 1.63. The average molecular weight is 353 g/mol. The molecule has 3 fully saturated rings. The van der Waals surface area contributed by atoms with Crippen LogP contribution in [0.2, 0.25) is 0 Å². The maximum absolute atomic E-state index is 12.6. The van der Waals surface area contributed by atoms with Crippen LogP contribution < -0.4 is 0 Å². The van der Waals surface area contributed by atoms with Crippen LogP contribution in [0.3, 0.4) is 0 Å². The van der Waals surface area contributed by atoms with Gasteiger partial charge in [-0.15, -0.1) is 0 Å². The minimum absolute atomic E-state index is 0.00849. The Morgan fingerprint density at radius 2 is 2.08 bits per heavy atom. The van der Waals surface area contributed by atoms with E-state index < -0.39 is 29.6 Å². The molecule has 3 heterocycles. The zero-order valence-electron chi connectivity index (χ0n) is 15.0. The Bertz CT molecular complexity index is 586. The lowest BCUT2D eigenvalue weighted by Crippen LogP contribution is -2.47. The highest BCUT2D eigenvalue weighted by molar-refractivity contribution is 5.89. The summed E-state index contributed by atoms with van der Waals surface area (Å²) in [5, 5.41) is 20.9. The van der Waals surface area contributed by atoms with Crippen molar-refractivity contribution in [3.8, 4) is 0 Å². The van der Waals surface area contributed by atoms with Gasteiger partial charge in [-0.25, -0.2) is 9.59 Å². The van der Waals surface area contributed by atoms with Crippen LogP contribution in [0.4, 0.5) is 0 Å². The van der Waals surface area contributed by atoms with Crippen LogP contribution in [0.25, 0.3) is 0 Å². The normalized spacial score (nSPS) is 44.7. The van der Waals surface area contributed by atoms with Crippen LogP contribution in [0.5, 0.6) is 0 Å². The van der Waals surface area contributed by atoms with Crippen molar-refractivity contribution in [1.82, 2.24) is 4.90 Å². The second kappa shape index (κ2) is 6.70. The largest absolute Gasteiger partial charge is 0.463 e. The lowest BCUT2D eigenvalue weighted by molar-refractivity contribution is -0.173. The Labute approximate surface area is 147 Å². The minimum Gasteiger partial charge on any atom is -0.463 e. The van der Waals surface area contributed by atoms with E-state index in [2.05, 4.69) is 4.90 Å². The van der Waals surface area contributed by atoms with Crippen molar-refractivity contribution in [3.05, 3.63) is 11.6 Å². The van der Waals surface area contributed by atoms with E-state index in [1.165, 1.54) is 6.92 Å². The summed E-state index contributed by atoms with van der Waals surface area (Å²) in [5.74, 6) is -1.97. The van der Waals surface area contributed by atoms with Gasteiger partial charge in [0.25, 0.3) is 0 Å². The number of hydrogen-bond donors (Lipinski definition) is 2. The first-order chi connectivity index (χ1) is 11.8. The summed E-state index contributed by atoms with van der Waals surface area (Å²) in [7, 11) is 0. The molecule has 6 unspecified atom stereocenters. The van der Waals surface area contributed by atoms with Crippen molar-refractivity contribution in [2.24, 2.45) is 11.8 Å². The molecule has 0 aromatic heterocycles. The molecule has 0 aromatic carbocycles. The van der Waals surface area contributed by atoms with Crippen LogP contribution in [0, 0.1) is 11.8 Å². The zero-order valence-corrected chi connectivity index (χ0v) is 15.0. The predicted octanol–water partition coefficient (Wildman–Crippen LogP) is 0.244. The minimum atomic E-state index is -1.72. The van der Waals surface area contributed by atoms with E-state index in [4.69, 9.17) is 9.47 Å². The molecule has 0 amide bonds. The molecular weight excluding hydrogens is 326 g/mol. The smallest absolute Gasteiger partial charge is 0.338 e. The van der Waals surface area contributed by atoms with Crippen LogP contribution in [0.1, 0.15) is 33.6 Å². The number of allylic oxidation sites excluding steroid dienone is 1. The first-order valence-electron chi connectivity index (χ1n) is 8.93. The molecule has 2 N–H and O–H groups in total. The van der Waals surface area contributed by atoms with E-state index in [-0.39, 0.29) is 31.1 Å². The highest BCUT2D eigenvalue weighted by Crippen LogP contribution is 2.37. The van der Waals surface area contributed by atoms with Gasteiger partial charge in [0.05, 0.1) is 18.8 Å². The van der Waals surface area contributed by atoms with Gasteiger partial charge in [0, 0.05) is 24.6 Å². The SMILES string of the molecule is C/C=C1\CC(C)C(C)(O)C(=O)OCC2C(O)CN3CCC(OC1=O)C23. The number of nitrogens with zero attached hydrogens (tertiary/aromatic N) is 1. The lowest BCUT2D eigenvalue weighted by Gasteiger charge is -2.32. The van der Waals surface area contributed by atoms with E-state index in [0.717, 1.165) is 6.54 Å². The highest BCUT2D eigenvalue weighted by Gasteiger charge is 2.51. The molecule has 0 saturated carbocycles. The van der Waals surface area contributed by atoms with Gasteiger partial charge in [-0.1, -0.05) is 13.0 Å². The van der Waals surface area contributed by atoms with E-state index in [9.17, 15) is 19.8 Å². The van der Waals surface area contributed by atoms with E-state index in [1.54, 1.807) is 19.9 Å². The molecule has 3 aliphatic rings. The van der Waals surface area contributed by atoms with Gasteiger partial charge in [-0.2, -0.15) is 0 Å². The predicted molar refractivity (Wildman–Crippen MR) is 88.5 cm³/mol. The molecule has 140 valence electrons. The Morgan fingerprint density at radius 1 is 1.36 bits per heavy atom. The Morgan fingerprint density at radius 3 is 2.76 bits per heavy atom. The Hall–Kier alpha value is -1.44. The average Bonchev–Trinajstić information content (AvgIpc) is 3.08. The van der Waals surface area contributed by atoms with Gasteiger partial charge in [0.15, 0.2) is 5.60 Å². The number of ether oxygens (including phenoxy) is 2. The number of carbonyl (C=O) groups excluding carboxylic acids is 2. The highest BCUT2D eigenvalue weighted by atomic mass is 16.6. The first-order valence-corrected chi connectivity index (χ1v) is 8.93. The number of aliphatic hydroxyl groups is 2. The fourth-order valence-electron chi connectivity index (χ4n) is 4.13. The molecule has 0 spiro atoms. The summed E-state index contributed by atoms with van der Waals surface area (Å²) < 4.78 is 11.1. The van der Waals surface area contributed by atoms with Crippen molar-refractivity contribution < 1.29 is 29.3 Å². The maximum Gasteiger partial charge on any atom is 0.338 e. The van der Waals surface area contributed by atoms with Gasteiger partial charge in [0.1, 0.15) is 6.10 Å². The molecular formula is C18H27NO6. The van der Waals surface area contributed by atoms with Gasteiger partial charge in [0.2, 0.25) is 0 Å². The molecule has 3 aliphatic heterocycles. The quantitative estimate of drug-likeness (QED) is 0.476. The van der Waals surface area contributed by atoms with Crippen LogP contribution >= 0.6 is 0 Å². The summed E-state index contributed by atoms with van der Waals surface area (Å²) in [4.78, 5) is 27.1. The molecule has 7 nitrogen and oxygen atoms in total. The first kappa shape index (κ1) is 18.4. The summed E-state index contributed by atoms with van der Waals surface area (Å²) in [6, 6.07) is -0.161. The van der Waals surface area contributed by atoms with Crippen LogP contribution in [-0.4, -0.2) is 70.6 Å². The Balaban J connectivity index is 1.91. The molecule has 3 rings (SSSR count). The molecule has 0 radical (unpaired) electrons. The third-order valence-electron chi connectivity index (χ3n) is 6.03. The van der Waals surface area contributed by atoms with Crippen molar-refractivity contribution in [1.29, 1.82) is 0 Å². The zero-order chi connectivity index (χ0) is 18.4.